The van der Waals surface area contributed by atoms with E-state index in [-0.39, 0.29) is 30.8 Å². The highest BCUT2D eigenvalue weighted by Crippen LogP contribution is 2.33. The number of carbonyl (C=O) groups is 1. The van der Waals surface area contributed by atoms with E-state index in [2.05, 4.69) is 45.0 Å². The normalized spacial score (nSPS) is 10.3. The first kappa shape index (κ1) is 26.6. The van der Waals surface area contributed by atoms with Gasteiger partial charge < -0.3 is 10.5 Å². The number of nitrogens with zero attached hydrogens (tertiary/aromatic N) is 1. The van der Waals surface area contributed by atoms with Gasteiger partial charge in [0.25, 0.3) is 0 Å². The third-order valence-corrected chi connectivity index (χ3v) is 4.99. The van der Waals surface area contributed by atoms with E-state index in [9.17, 15) is 4.79 Å². The molecule has 0 aliphatic rings. The summed E-state index contributed by atoms with van der Waals surface area (Å²) in [6, 6.07) is 17.9. The fraction of sp³-hybridized carbons (Fsp3) is 0.280. The summed E-state index contributed by atoms with van der Waals surface area (Å²) >= 11 is 0. The third-order valence-electron chi connectivity index (χ3n) is 4.99. The molecule has 1 heterocycles. The van der Waals surface area contributed by atoms with Crippen molar-refractivity contribution in [1.29, 1.82) is 0 Å². The predicted octanol–water partition coefficient (Wildman–Crippen LogP) is 6.01. The highest BCUT2D eigenvalue weighted by Gasteiger charge is 2.19. The van der Waals surface area contributed by atoms with Crippen molar-refractivity contribution in [1.82, 2.24) is 4.98 Å². The molecule has 0 amide bonds. The number of hydrogen-bond acceptors (Lipinski definition) is 4. The highest BCUT2D eigenvalue weighted by molar-refractivity contribution is 5.97. The monoisotopic (exact) mass is 460 g/mol. The van der Waals surface area contributed by atoms with Crippen LogP contribution in [0.15, 0.2) is 54.6 Å². The number of aromatic nitrogens is 1. The topological polar surface area (TPSA) is 65.2 Å². The van der Waals surface area contributed by atoms with E-state index < -0.39 is 0 Å². The molecule has 0 fully saturated rings. The molecule has 3 aromatic rings. The van der Waals surface area contributed by atoms with Crippen LogP contribution in [0, 0.1) is 12.8 Å². The number of ether oxygens (including phenoxy) is 1. The lowest BCUT2D eigenvalue weighted by atomic mass is 9.92. The zero-order chi connectivity index (χ0) is 21.0. The van der Waals surface area contributed by atoms with Crippen molar-refractivity contribution < 1.29 is 9.53 Å². The van der Waals surface area contributed by atoms with Crippen molar-refractivity contribution in [2.24, 2.45) is 11.7 Å². The summed E-state index contributed by atoms with van der Waals surface area (Å²) in [6.07, 6.45) is 0.819. The fourth-order valence-corrected chi connectivity index (χ4v) is 3.53. The first-order valence-corrected chi connectivity index (χ1v) is 9.92. The first-order valence-electron chi connectivity index (χ1n) is 9.92. The third kappa shape index (κ3) is 6.07. The number of halogens is 2. The van der Waals surface area contributed by atoms with Crippen LogP contribution in [0.3, 0.4) is 0 Å². The zero-order valence-electron chi connectivity index (χ0n) is 18.3. The van der Waals surface area contributed by atoms with Gasteiger partial charge in [-0.2, -0.15) is 0 Å². The van der Waals surface area contributed by atoms with Crippen LogP contribution in [0.25, 0.3) is 22.4 Å². The minimum Gasteiger partial charge on any atom is -0.465 e. The standard InChI is InChI=1S/C25H28N2O2.2ClH/c1-16(2)13-23-22(15-26)21(18-11-9-17(3)10-12-18)14-24(27-23)19-7-5-6-8-20(19)25(28)29-4;;/h5-12,14,16H,13,15,26H2,1-4H3;2*1H. The van der Waals surface area contributed by atoms with Gasteiger partial charge in [0.2, 0.25) is 0 Å². The quantitative estimate of drug-likeness (QED) is 0.457. The van der Waals surface area contributed by atoms with Gasteiger partial charge >= 0.3 is 5.97 Å². The van der Waals surface area contributed by atoms with Crippen LogP contribution in [-0.4, -0.2) is 18.1 Å². The van der Waals surface area contributed by atoms with Crippen LogP contribution in [0.2, 0.25) is 0 Å². The number of pyridine rings is 1. The zero-order valence-corrected chi connectivity index (χ0v) is 20.0. The lowest BCUT2D eigenvalue weighted by Gasteiger charge is -2.18. The van der Waals surface area contributed by atoms with E-state index in [1.54, 1.807) is 6.07 Å². The number of hydrogen-bond donors (Lipinski definition) is 1. The number of aryl methyl sites for hydroxylation is 1. The molecule has 1 aromatic heterocycles. The number of nitrogens with two attached hydrogens (primary N) is 1. The van der Waals surface area contributed by atoms with Crippen molar-refractivity contribution in [3.8, 4) is 22.4 Å². The first-order chi connectivity index (χ1) is 13.9. The van der Waals surface area contributed by atoms with E-state index in [0.717, 1.165) is 40.1 Å². The molecule has 0 bridgehead atoms. The SMILES string of the molecule is COC(=O)c1ccccc1-c1cc(-c2ccc(C)cc2)c(CN)c(CC(C)C)n1.Cl.Cl. The molecule has 0 radical (unpaired) electrons. The number of carbonyl (C=O) groups excluding carboxylic acids is 1. The van der Waals surface area contributed by atoms with E-state index in [4.69, 9.17) is 15.5 Å². The van der Waals surface area contributed by atoms with Crippen LogP contribution in [-0.2, 0) is 17.7 Å². The molecule has 0 atom stereocenters. The van der Waals surface area contributed by atoms with Crippen LogP contribution in [0.5, 0.6) is 0 Å². The Morgan fingerprint density at radius 1 is 1.03 bits per heavy atom. The molecule has 0 saturated heterocycles. The molecule has 0 aliphatic heterocycles. The van der Waals surface area contributed by atoms with Crippen LogP contribution >= 0.6 is 24.8 Å². The Labute approximate surface area is 197 Å². The van der Waals surface area contributed by atoms with Gasteiger partial charge in [0.15, 0.2) is 0 Å². The molecule has 0 saturated carbocycles. The average Bonchev–Trinajstić information content (AvgIpc) is 2.72. The van der Waals surface area contributed by atoms with Gasteiger partial charge in [-0.25, -0.2) is 4.79 Å². The van der Waals surface area contributed by atoms with Gasteiger partial charge in [0.1, 0.15) is 0 Å². The van der Waals surface area contributed by atoms with Gasteiger partial charge in [-0.3, -0.25) is 4.98 Å². The Balaban J connectivity index is 0.00000240. The summed E-state index contributed by atoms with van der Waals surface area (Å²) < 4.78 is 4.98. The summed E-state index contributed by atoms with van der Waals surface area (Å²) in [6.45, 7) is 6.82. The average molecular weight is 461 g/mol. The van der Waals surface area contributed by atoms with E-state index in [1.807, 2.05) is 24.3 Å². The molecule has 166 valence electrons. The molecule has 3 rings (SSSR count). The van der Waals surface area contributed by atoms with Crippen molar-refractivity contribution in [3.05, 3.63) is 77.0 Å². The van der Waals surface area contributed by atoms with Crippen LogP contribution in [0.4, 0.5) is 0 Å². The molecule has 0 unspecified atom stereocenters. The van der Waals surface area contributed by atoms with Crippen molar-refractivity contribution >= 4 is 30.8 Å². The second-order valence-electron chi connectivity index (χ2n) is 7.69. The summed E-state index contributed by atoms with van der Waals surface area (Å²) in [4.78, 5) is 17.3. The van der Waals surface area contributed by atoms with Crippen molar-refractivity contribution in [3.63, 3.8) is 0 Å². The molecule has 0 aliphatic carbocycles. The Bertz CT molecular complexity index is 1020. The maximum Gasteiger partial charge on any atom is 0.338 e. The molecule has 6 heteroatoms. The second kappa shape index (κ2) is 11.8. The largest absolute Gasteiger partial charge is 0.465 e. The Morgan fingerprint density at radius 2 is 1.68 bits per heavy atom. The van der Waals surface area contributed by atoms with E-state index >= 15 is 0 Å². The number of esters is 1. The minimum absolute atomic E-state index is 0. The highest BCUT2D eigenvalue weighted by atomic mass is 35.5. The molecule has 31 heavy (non-hydrogen) atoms. The molecule has 2 aromatic carbocycles. The maximum atomic E-state index is 12.3. The second-order valence-corrected chi connectivity index (χ2v) is 7.69. The van der Waals surface area contributed by atoms with Gasteiger partial charge in [0, 0.05) is 17.8 Å². The molecule has 4 nitrogen and oxygen atoms in total. The maximum absolute atomic E-state index is 12.3. The Hall–Kier alpha value is -2.40. The molecular formula is C25H30Cl2N2O2. The molecular weight excluding hydrogens is 431 g/mol. The number of rotatable bonds is 6. The lowest BCUT2D eigenvalue weighted by molar-refractivity contribution is 0.0601. The fourth-order valence-electron chi connectivity index (χ4n) is 3.53. The summed E-state index contributed by atoms with van der Waals surface area (Å²) in [5, 5.41) is 0. The summed E-state index contributed by atoms with van der Waals surface area (Å²) in [5.41, 5.74) is 13.6. The lowest BCUT2D eigenvalue weighted by Crippen LogP contribution is -2.11. The van der Waals surface area contributed by atoms with E-state index in [0.29, 0.717) is 18.0 Å². The van der Waals surface area contributed by atoms with Crippen molar-refractivity contribution in [2.45, 2.75) is 33.7 Å². The van der Waals surface area contributed by atoms with Crippen LogP contribution < -0.4 is 5.73 Å². The van der Waals surface area contributed by atoms with Gasteiger partial charge in [0.05, 0.1) is 18.4 Å². The van der Waals surface area contributed by atoms with Crippen molar-refractivity contribution in [2.75, 3.05) is 7.11 Å². The van der Waals surface area contributed by atoms with E-state index in [1.165, 1.54) is 12.7 Å². The van der Waals surface area contributed by atoms with Gasteiger partial charge in [-0.15, -0.1) is 24.8 Å². The number of methoxy groups -OCH3 is 1. The predicted molar refractivity (Wildman–Crippen MR) is 132 cm³/mol. The smallest absolute Gasteiger partial charge is 0.338 e. The summed E-state index contributed by atoms with van der Waals surface area (Å²) in [7, 11) is 1.39. The van der Waals surface area contributed by atoms with Gasteiger partial charge in [-0.05, 0) is 48.1 Å². The Kier molecular flexibility index (Phi) is 10.2. The molecule has 2 N–H and O–H groups in total. The number of benzene rings is 2. The molecule has 0 spiro atoms. The summed E-state index contributed by atoms with van der Waals surface area (Å²) in [5.74, 6) is 0.0670. The minimum atomic E-state index is -0.368. The van der Waals surface area contributed by atoms with Gasteiger partial charge in [-0.1, -0.05) is 61.9 Å². The Morgan fingerprint density at radius 3 is 2.26 bits per heavy atom. The van der Waals surface area contributed by atoms with Crippen LogP contribution in [0.1, 0.15) is 41.0 Å².